The molecule has 0 spiro atoms. The van der Waals surface area contributed by atoms with Gasteiger partial charge in [-0.25, -0.2) is 12.7 Å². The van der Waals surface area contributed by atoms with E-state index < -0.39 is 10.0 Å². The van der Waals surface area contributed by atoms with Crippen LogP contribution in [0.4, 0.5) is 0 Å². The molecule has 0 saturated carbocycles. The van der Waals surface area contributed by atoms with Crippen LogP contribution in [0.15, 0.2) is 28.7 Å². The van der Waals surface area contributed by atoms with Gasteiger partial charge < -0.3 is 5.32 Å². The van der Waals surface area contributed by atoms with Gasteiger partial charge >= 0.3 is 0 Å². The first-order valence-corrected chi connectivity index (χ1v) is 9.82. The topological polar surface area (TPSA) is 66.5 Å². The molecule has 0 radical (unpaired) electrons. The van der Waals surface area contributed by atoms with Gasteiger partial charge in [-0.05, 0) is 37.5 Å². The lowest BCUT2D eigenvalue weighted by Crippen LogP contribution is -2.43. The molecule has 1 amide bonds. The van der Waals surface area contributed by atoms with Crippen LogP contribution in [0, 0.1) is 5.92 Å². The number of benzene rings is 1. The van der Waals surface area contributed by atoms with Gasteiger partial charge in [-0.2, -0.15) is 0 Å². The van der Waals surface area contributed by atoms with E-state index in [9.17, 15) is 13.2 Å². The molecule has 0 atom stereocenters. The normalized spacial score (nSPS) is 17.4. The van der Waals surface area contributed by atoms with Gasteiger partial charge in [0, 0.05) is 30.0 Å². The van der Waals surface area contributed by atoms with Crippen molar-refractivity contribution in [3.8, 4) is 0 Å². The monoisotopic (exact) mass is 388 g/mol. The van der Waals surface area contributed by atoms with Gasteiger partial charge in [0.15, 0.2) is 0 Å². The van der Waals surface area contributed by atoms with Crippen LogP contribution < -0.4 is 5.32 Å². The Morgan fingerprint density at radius 3 is 2.64 bits per heavy atom. The smallest absolute Gasteiger partial charge is 0.223 e. The predicted octanol–water partition coefficient (Wildman–Crippen LogP) is 2.13. The SMILES string of the molecule is CCNC(=O)C1CCN(S(=O)(=O)Cc2cccc(Br)c2)CC1. The number of carbonyl (C=O) groups is 1. The van der Waals surface area contributed by atoms with Gasteiger partial charge in [-0.1, -0.05) is 28.1 Å². The fraction of sp³-hybridized carbons (Fsp3) is 0.533. The Balaban J connectivity index is 1.96. The molecule has 0 bridgehead atoms. The van der Waals surface area contributed by atoms with Gasteiger partial charge in [0.2, 0.25) is 15.9 Å². The van der Waals surface area contributed by atoms with Gasteiger partial charge in [0.1, 0.15) is 0 Å². The Morgan fingerprint density at radius 1 is 1.36 bits per heavy atom. The number of carbonyl (C=O) groups excluding carboxylic acids is 1. The number of piperidine rings is 1. The summed E-state index contributed by atoms with van der Waals surface area (Å²) in [5.74, 6) is -0.0399. The van der Waals surface area contributed by atoms with Crippen LogP contribution in [0.5, 0.6) is 0 Å². The standard InChI is InChI=1S/C15H21BrN2O3S/c1-2-17-15(19)13-6-8-18(9-7-13)22(20,21)11-12-4-3-5-14(16)10-12/h3-5,10,13H,2,6-9,11H2,1H3,(H,17,19). The van der Waals surface area contributed by atoms with E-state index in [1.807, 2.05) is 31.2 Å². The molecule has 1 aromatic carbocycles. The highest BCUT2D eigenvalue weighted by molar-refractivity contribution is 9.10. The molecule has 2 rings (SSSR count). The molecule has 0 unspecified atom stereocenters. The average molecular weight is 389 g/mol. The maximum Gasteiger partial charge on any atom is 0.223 e. The van der Waals surface area contributed by atoms with Crippen LogP contribution in [-0.2, 0) is 20.6 Å². The Kier molecular flexibility index (Phi) is 6.00. The third-order valence-corrected chi connectivity index (χ3v) is 6.15. The number of sulfonamides is 1. The van der Waals surface area contributed by atoms with Crippen molar-refractivity contribution >= 4 is 31.9 Å². The molecule has 22 heavy (non-hydrogen) atoms. The van der Waals surface area contributed by atoms with E-state index in [1.54, 1.807) is 0 Å². The largest absolute Gasteiger partial charge is 0.356 e. The summed E-state index contributed by atoms with van der Waals surface area (Å²) in [5, 5.41) is 2.80. The maximum atomic E-state index is 12.5. The van der Waals surface area contributed by atoms with Crippen LogP contribution in [0.25, 0.3) is 0 Å². The molecule has 1 aromatic rings. The number of nitrogens with one attached hydrogen (secondary N) is 1. The van der Waals surface area contributed by atoms with Crippen molar-refractivity contribution in [3.63, 3.8) is 0 Å². The van der Waals surface area contributed by atoms with Crippen molar-refractivity contribution in [1.82, 2.24) is 9.62 Å². The average Bonchev–Trinajstić information content (AvgIpc) is 2.47. The second-order valence-corrected chi connectivity index (χ2v) is 8.34. The van der Waals surface area contributed by atoms with Crippen molar-refractivity contribution < 1.29 is 13.2 Å². The van der Waals surface area contributed by atoms with E-state index in [-0.39, 0.29) is 17.6 Å². The summed E-state index contributed by atoms with van der Waals surface area (Å²) in [5.41, 5.74) is 0.764. The van der Waals surface area contributed by atoms with Gasteiger partial charge in [-0.3, -0.25) is 4.79 Å². The molecule has 1 aliphatic heterocycles. The molecular formula is C15H21BrN2O3S. The third kappa shape index (κ3) is 4.54. The fourth-order valence-corrected chi connectivity index (χ4v) is 4.64. The fourth-order valence-electron chi connectivity index (χ4n) is 2.64. The predicted molar refractivity (Wildman–Crippen MR) is 89.7 cm³/mol. The Labute approximate surface area is 140 Å². The highest BCUT2D eigenvalue weighted by Crippen LogP contribution is 2.22. The summed E-state index contributed by atoms with van der Waals surface area (Å²) in [6, 6.07) is 7.33. The lowest BCUT2D eigenvalue weighted by atomic mass is 9.97. The molecule has 122 valence electrons. The Hall–Kier alpha value is -0.920. The molecule has 1 heterocycles. The second kappa shape index (κ2) is 7.57. The minimum Gasteiger partial charge on any atom is -0.356 e. The first-order valence-electron chi connectivity index (χ1n) is 7.42. The first-order chi connectivity index (χ1) is 10.4. The van der Waals surface area contributed by atoms with E-state index in [0.717, 1.165) is 10.0 Å². The van der Waals surface area contributed by atoms with Crippen LogP contribution in [-0.4, -0.2) is 38.3 Å². The van der Waals surface area contributed by atoms with E-state index in [1.165, 1.54) is 4.31 Å². The molecule has 0 aromatic heterocycles. The molecule has 1 aliphatic rings. The van der Waals surface area contributed by atoms with Crippen LogP contribution in [0.1, 0.15) is 25.3 Å². The van der Waals surface area contributed by atoms with E-state index in [2.05, 4.69) is 21.2 Å². The van der Waals surface area contributed by atoms with E-state index in [4.69, 9.17) is 0 Å². The molecular weight excluding hydrogens is 368 g/mol. The summed E-state index contributed by atoms with van der Waals surface area (Å²) in [4.78, 5) is 11.8. The second-order valence-electron chi connectivity index (χ2n) is 5.45. The number of hydrogen-bond acceptors (Lipinski definition) is 3. The number of hydrogen-bond donors (Lipinski definition) is 1. The molecule has 5 nitrogen and oxygen atoms in total. The third-order valence-electron chi connectivity index (χ3n) is 3.81. The lowest BCUT2D eigenvalue weighted by Gasteiger charge is -2.30. The van der Waals surface area contributed by atoms with E-state index >= 15 is 0 Å². The van der Waals surface area contributed by atoms with Crippen molar-refractivity contribution in [2.24, 2.45) is 5.92 Å². The van der Waals surface area contributed by atoms with Crippen molar-refractivity contribution in [2.75, 3.05) is 19.6 Å². The van der Waals surface area contributed by atoms with Crippen molar-refractivity contribution in [1.29, 1.82) is 0 Å². The molecule has 7 heteroatoms. The van der Waals surface area contributed by atoms with Crippen molar-refractivity contribution in [2.45, 2.75) is 25.5 Å². The summed E-state index contributed by atoms with van der Waals surface area (Å²) in [7, 11) is -3.33. The number of nitrogens with zero attached hydrogens (tertiary/aromatic N) is 1. The highest BCUT2D eigenvalue weighted by Gasteiger charge is 2.30. The summed E-state index contributed by atoms with van der Waals surface area (Å²) < 4.78 is 27.3. The number of amides is 1. The first kappa shape index (κ1) is 17.4. The minimum atomic E-state index is -3.33. The lowest BCUT2D eigenvalue weighted by molar-refractivity contribution is -0.126. The highest BCUT2D eigenvalue weighted by atomic mass is 79.9. The Bertz CT molecular complexity index is 625. The Morgan fingerprint density at radius 2 is 2.05 bits per heavy atom. The molecule has 1 fully saturated rings. The van der Waals surface area contributed by atoms with Crippen LogP contribution in [0.2, 0.25) is 0 Å². The zero-order valence-corrected chi connectivity index (χ0v) is 15.0. The zero-order valence-electron chi connectivity index (χ0n) is 12.6. The number of rotatable bonds is 5. The van der Waals surface area contributed by atoms with Crippen LogP contribution >= 0.6 is 15.9 Å². The minimum absolute atomic E-state index is 0.00172. The maximum absolute atomic E-state index is 12.5. The van der Waals surface area contributed by atoms with E-state index in [0.29, 0.717) is 32.5 Å². The number of halogens is 1. The quantitative estimate of drug-likeness (QED) is 0.839. The molecule has 1 N–H and O–H groups in total. The van der Waals surface area contributed by atoms with Gasteiger partial charge in [0.25, 0.3) is 0 Å². The summed E-state index contributed by atoms with van der Waals surface area (Å²) in [6.45, 7) is 3.33. The summed E-state index contributed by atoms with van der Waals surface area (Å²) in [6.07, 6.45) is 1.17. The van der Waals surface area contributed by atoms with Crippen molar-refractivity contribution in [3.05, 3.63) is 34.3 Å². The zero-order chi connectivity index (χ0) is 16.2. The van der Waals surface area contributed by atoms with Crippen LogP contribution in [0.3, 0.4) is 0 Å². The molecule has 1 saturated heterocycles. The summed E-state index contributed by atoms with van der Waals surface area (Å²) >= 11 is 3.35. The van der Waals surface area contributed by atoms with Gasteiger partial charge in [-0.15, -0.1) is 0 Å². The molecule has 0 aliphatic carbocycles. The van der Waals surface area contributed by atoms with Gasteiger partial charge in [0.05, 0.1) is 5.75 Å².